The summed E-state index contributed by atoms with van der Waals surface area (Å²) in [7, 11) is 1.40. The normalized spacial score (nSPS) is 16.8. The van der Waals surface area contributed by atoms with E-state index in [1.54, 1.807) is 13.8 Å². The number of halogens is 4. The predicted molar refractivity (Wildman–Crippen MR) is 114 cm³/mol. The molecule has 180 valence electrons. The molecule has 2 aromatic rings. The van der Waals surface area contributed by atoms with E-state index in [0.717, 1.165) is 22.8 Å². The number of hydrogen-bond donors (Lipinski definition) is 1. The number of primary amides is 1. The van der Waals surface area contributed by atoms with E-state index in [4.69, 9.17) is 10.5 Å². The van der Waals surface area contributed by atoms with Crippen molar-refractivity contribution in [1.29, 1.82) is 0 Å². The second kappa shape index (κ2) is 9.17. The smallest absolute Gasteiger partial charge is 0.376 e. The van der Waals surface area contributed by atoms with Gasteiger partial charge in [0.2, 0.25) is 5.91 Å². The minimum absolute atomic E-state index is 0.0223. The number of alkyl halides is 3. The van der Waals surface area contributed by atoms with E-state index in [1.807, 2.05) is 0 Å². The number of ether oxygens (including phenoxy) is 1. The van der Waals surface area contributed by atoms with Crippen LogP contribution < -0.4 is 5.73 Å². The highest BCUT2D eigenvalue weighted by atomic mass is 19.4. The van der Waals surface area contributed by atoms with Crippen molar-refractivity contribution in [2.45, 2.75) is 45.5 Å². The van der Waals surface area contributed by atoms with Crippen LogP contribution in [-0.4, -0.2) is 47.6 Å². The molecule has 1 atom stereocenters. The number of hydrogen-bond acceptors (Lipinski definition) is 3. The molecule has 1 unspecified atom stereocenters. The fraction of sp³-hybridized carbons (Fsp3) is 0.478. The molecule has 1 aliphatic heterocycles. The predicted octanol–water partition coefficient (Wildman–Crippen LogP) is 4.08. The molecule has 1 saturated heterocycles. The Labute approximate surface area is 189 Å². The van der Waals surface area contributed by atoms with Gasteiger partial charge in [-0.05, 0) is 50.5 Å². The van der Waals surface area contributed by atoms with Crippen LogP contribution in [0.4, 0.5) is 17.6 Å². The average Bonchev–Trinajstić information content (AvgIpc) is 3.35. The lowest BCUT2D eigenvalue weighted by Crippen LogP contribution is -2.44. The Morgan fingerprint density at radius 1 is 1.21 bits per heavy atom. The van der Waals surface area contributed by atoms with Gasteiger partial charge in [0.1, 0.15) is 17.2 Å². The van der Waals surface area contributed by atoms with Crippen LogP contribution in [0.15, 0.2) is 30.3 Å². The van der Waals surface area contributed by atoms with Crippen molar-refractivity contribution >= 4 is 11.8 Å². The molecule has 33 heavy (non-hydrogen) atoms. The summed E-state index contributed by atoms with van der Waals surface area (Å²) in [6.07, 6.45) is -3.93. The van der Waals surface area contributed by atoms with E-state index < -0.39 is 41.0 Å². The molecule has 1 aliphatic rings. The quantitative estimate of drug-likeness (QED) is 0.621. The highest BCUT2D eigenvalue weighted by Crippen LogP contribution is 2.38. The van der Waals surface area contributed by atoms with E-state index in [0.29, 0.717) is 19.4 Å². The van der Waals surface area contributed by atoms with Gasteiger partial charge in [0.15, 0.2) is 0 Å². The second-order valence-corrected chi connectivity index (χ2v) is 8.95. The zero-order valence-electron chi connectivity index (χ0n) is 18.7. The molecule has 1 aromatic carbocycles. The van der Waals surface area contributed by atoms with Gasteiger partial charge in [-0.2, -0.15) is 13.2 Å². The molecule has 0 aliphatic carbocycles. The van der Waals surface area contributed by atoms with Crippen molar-refractivity contribution in [3.63, 3.8) is 0 Å². The van der Waals surface area contributed by atoms with Gasteiger partial charge in [-0.3, -0.25) is 9.59 Å². The van der Waals surface area contributed by atoms with E-state index >= 15 is 0 Å². The zero-order valence-corrected chi connectivity index (χ0v) is 18.7. The van der Waals surface area contributed by atoms with E-state index in [9.17, 15) is 27.2 Å². The highest BCUT2D eigenvalue weighted by Gasteiger charge is 2.40. The third-order valence-electron chi connectivity index (χ3n) is 5.80. The van der Waals surface area contributed by atoms with Gasteiger partial charge in [-0.1, -0.05) is 12.1 Å². The van der Waals surface area contributed by atoms with Gasteiger partial charge in [-0.15, -0.1) is 0 Å². The molecular formula is C23H27F4N3O3. The SMILES string of the molecule is CN(CC(C)(C)C(N)=O)C(=O)c1c(-c2ccc(F)cc2)cc(C(F)(F)F)n1CC1CCCO1. The zero-order chi connectivity index (χ0) is 24.6. The van der Waals surface area contributed by atoms with E-state index in [-0.39, 0.29) is 29.9 Å². The number of carbonyl (C=O) groups excluding carboxylic acids is 2. The Hall–Kier alpha value is -2.88. The molecule has 10 heteroatoms. The summed E-state index contributed by atoms with van der Waals surface area (Å²) in [5.74, 6) is -1.91. The molecular weight excluding hydrogens is 442 g/mol. The number of rotatable bonds is 7. The number of nitrogens with zero attached hydrogens (tertiary/aromatic N) is 2. The van der Waals surface area contributed by atoms with Crippen molar-refractivity contribution in [3.8, 4) is 11.1 Å². The van der Waals surface area contributed by atoms with Crippen molar-refractivity contribution in [2.75, 3.05) is 20.2 Å². The van der Waals surface area contributed by atoms with Gasteiger partial charge in [0, 0.05) is 32.3 Å². The first-order valence-corrected chi connectivity index (χ1v) is 10.5. The van der Waals surface area contributed by atoms with Crippen LogP contribution in [0.2, 0.25) is 0 Å². The maximum absolute atomic E-state index is 14.0. The average molecular weight is 469 g/mol. The molecule has 2 amide bonds. The third kappa shape index (κ3) is 5.38. The summed E-state index contributed by atoms with van der Waals surface area (Å²) < 4.78 is 62.0. The Bertz CT molecular complexity index is 1020. The second-order valence-electron chi connectivity index (χ2n) is 8.95. The van der Waals surface area contributed by atoms with Crippen LogP contribution in [-0.2, 0) is 22.3 Å². The molecule has 1 aromatic heterocycles. The Kier molecular flexibility index (Phi) is 6.88. The minimum atomic E-state index is -4.74. The van der Waals surface area contributed by atoms with Crippen LogP contribution in [0, 0.1) is 11.2 Å². The summed E-state index contributed by atoms with van der Waals surface area (Å²) >= 11 is 0. The lowest BCUT2D eigenvalue weighted by molar-refractivity contribution is -0.144. The largest absolute Gasteiger partial charge is 0.431 e. The molecule has 0 radical (unpaired) electrons. The van der Waals surface area contributed by atoms with Crippen molar-refractivity contribution < 1.29 is 31.9 Å². The van der Waals surface area contributed by atoms with Crippen LogP contribution >= 0.6 is 0 Å². The van der Waals surface area contributed by atoms with Crippen LogP contribution in [0.25, 0.3) is 11.1 Å². The van der Waals surface area contributed by atoms with Gasteiger partial charge in [-0.25, -0.2) is 4.39 Å². The fourth-order valence-corrected chi connectivity index (χ4v) is 3.97. The molecule has 0 spiro atoms. The molecule has 1 fully saturated rings. The first kappa shape index (κ1) is 24.8. The molecule has 2 heterocycles. The van der Waals surface area contributed by atoms with Crippen molar-refractivity contribution in [3.05, 3.63) is 47.5 Å². The molecule has 0 saturated carbocycles. The number of benzene rings is 1. The van der Waals surface area contributed by atoms with Gasteiger partial charge >= 0.3 is 6.18 Å². The topological polar surface area (TPSA) is 77.6 Å². The molecule has 0 bridgehead atoms. The Balaban J connectivity index is 2.16. The van der Waals surface area contributed by atoms with Crippen LogP contribution in [0.3, 0.4) is 0 Å². The summed E-state index contributed by atoms with van der Waals surface area (Å²) in [6, 6.07) is 5.79. The number of amides is 2. The summed E-state index contributed by atoms with van der Waals surface area (Å²) in [4.78, 5) is 26.4. The lowest BCUT2D eigenvalue weighted by atomic mass is 9.92. The van der Waals surface area contributed by atoms with Crippen molar-refractivity contribution in [2.24, 2.45) is 11.1 Å². The van der Waals surface area contributed by atoms with Crippen LogP contribution in [0.5, 0.6) is 0 Å². The maximum atomic E-state index is 14.0. The standard InChI is InChI=1S/C23H27F4N3O3/c1-22(2,21(28)32)13-29(3)20(31)19-17(14-6-8-15(24)9-7-14)11-18(23(25,26)27)30(19)12-16-5-4-10-33-16/h6-9,11,16H,4-5,10,12-13H2,1-3H3,(H2,28,32). The first-order chi connectivity index (χ1) is 15.3. The Morgan fingerprint density at radius 3 is 2.36 bits per heavy atom. The number of aromatic nitrogens is 1. The monoisotopic (exact) mass is 469 g/mol. The Morgan fingerprint density at radius 2 is 1.85 bits per heavy atom. The fourth-order valence-electron chi connectivity index (χ4n) is 3.97. The maximum Gasteiger partial charge on any atom is 0.431 e. The van der Waals surface area contributed by atoms with Crippen LogP contribution in [0.1, 0.15) is 42.9 Å². The summed E-state index contributed by atoms with van der Waals surface area (Å²) in [5.41, 5.74) is 3.40. The molecule has 2 N–H and O–H groups in total. The number of nitrogens with two attached hydrogens (primary N) is 1. The first-order valence-electron chi connectivity index (χ1n) is 10.5. The summed E-state index contributed by atoms with van der Waals surface area (Å²) in [6.45, 7) is 3.27. The van der Waals surface area contributed by atoms with Gasteiger partial charge < -0.3 is 19.9 Å². The van der Waals surface area contributed by atoms with E-state index in [2.05, 4.69) is 0 Å². The third-order valence-corrected chi connectivity index (χ3v) is 5.80. The molecule has 6 nitrogen and oxygen atoms in total. The van der Waals surface area contributed by atoms with Crippen molar-refractivity contribution in [1.82, 2.24) is 9.47 Å². The minimum Gasteiger partial charge on any atom is -0.376 e. The van der Waals surface area contributed by atoms with Gasteiger partial charge in [0.05, 0.1) is 11.5 Å². The van der Waals surface area contributed by atoms with E-state index in [1.165, 1.54) is 24.1 Å². The highest BCUT2D eigenvalue weighted by molar-refractivity contribution is 6.00. The van der Waals surface area contributed by atoms with Gasteiger partial charge in [0.25, 0.3) is 5.91 Å². The number of carbonyl (C=O) groups is 2. The lowest BCUT2D eigenvalue weighted by Gasteiger charge is -2.28. The summed E-state index contributed by atoms with van der Waals surface area (Å²) in [5, 5.41) is 0. The molecule has 3 rings (SSSR count).